The number of carbonyl (C=O) groups is 4. The molecule has 7 nitrogen and oxygen atoms in total. The van der Waals surface area contributed by atoms with Crippen LogP contribution in [-0.4, -0.2) is 36.0 Å². The van der Waals surface area contributed by atoms with Crippen LogP contribution in [0.15, 0.2) is 36.4 Å². The van der Waals surface area contributed by atoms with Crippen LogP contribution in [0.1, 0.15) is 111 Å². The van der Waals surface area contributed by atoms with E-state index in [-0.39, 0.29) is 40.1 Å². The van der Waals surface area contributed by atoms with E-state index in [9.17, 15) is 19.2 Å². The molecule has 7 heteroatoms. The number of imide groups is 1. The van der Waals surface area contributed by atoms with Crippen LogP contribution in [0.5, 0.6) is 0 Å². The smallest absolute Gasteiger partial charge is 0.338 e. The van der Waals surface area contributed by atoms with Crippen LogP contribution in [0.2, 0.25) is 0 Å². The van der Waals surface area contributed by atoms with Gasteiger partial charge in [-0.1, -0.05) is 18.8 Å². The Morgan fingerprint density at radius 3 is 1.76 bits per heavy atom. The number of fused-ring (bicyclic) bond motifs is 1. The van der Waals surface area contributed by atoms with Gasteiger partial charge in [-0.2, -0.15) is 0 Å². The Bertz CT molecular complexity index is 1240. The lowest BCUT2D eigenvalue weighted by atomic mass is 9.97. The first-order valence-electron chi connectivity index (χ1n) is 13.0. The minimum Gasteiger partial charge on any atom is -0.459 e. The summed E-state index contributed by atoms with van der Waals surface area (Å²) in [4.78, 5) is 53.7. The predicted molar refractivity (Wildman–Crippen MR) is 137 cm³/mol. The van der Waals surface area contributed by atoms with Gasteiger partial charge in [-0.15, -0.1) is 6.42 Å². The third-order valence-corrected chi connectivity index (χ3v) is 7.35. The van der Waals surface area contributed by atoms with Gasteiger partial charge in [0.15, 0.2) is 0 Å². The number of hydrogen-bond acceptors (Lipinski definition) is 6. The summed E-state index contributed by atoms with van der Waals surface area (Å²) in [5.41, 5.74) is 1.18. The van der Waals surface area contributed by atoms with Crippen LogP contribution >= 0.6 is 0 Å². The number of anilines is 1. The van der Waals surface area contributed by atoms with Crippen LogP contribution in [0.4, 0.5) is 5.69 Å². The van der Waals surface area contributed by atoms with E-state index in [2.05, 4.69) is 5.92 Å². The molecular weight excluding hydrogens is 470 g/mol. The van der Waals surface area contributed by atoms with Gasteiger partial charge < -0.3 is 9.47 Å². The van der Waals surface area contributed by atoms with Gasteiger partial charge in [-0.25, -0.2) is 14.5 Å². The summed E-state index contributed by atoms with van der Waals surface area (Å²) in [5, 5.41) is 0. The lowest BCUT2D eigenvalue weighted by Crippen LogP contribution is -2.30. The molecule has 2 amide bonds. The molecule has 0 aromatic heterocycles. The fourth-order valence-electron chi connectivity index (χ4n) is 5.35. The number of rotatable bonds is 5. The van der Waals surface area contributed by atoms with Crippen molar-refractivity contribution in [2.24, 2.45) is 0 Å². The van der Waals surface area contributed by atoms with Crippen molar-refractivity contribution >= 4 is 29.4 Å². The normalized spacial score (nSPS) is 18.3. The van der Waals surface area contributed by atoms with Gasteiger partial charge in [0.2, 0.25) is 0 Å². The molecule has 0 unspecified atom stereocenters. The van der Waals surface area contributed by atoms with Crippen molar-refractivity contribution in [3.8, 4) is 12.3 Å². The maximum Gasteiger partial charge on any atom is 0.338 e. The molecule has 0 saturated heterocycles. The first kappa shape index (κ1) is 24.8. The third kappa shape index (κ3) is 5.15. The molecule has 2 saturated carbocycles. The number of carbonyl (C=O) groups excluding carboxylic acids is 4. The molecule has 1 heterocycles. The maximum absolute atomic E-state index is 13.3. The Balaban J connectivity index is 1.48. The van der Waals surface area contributed by atoms with Gasteiger partial charge >= 0.3 is 11.9 Å². The molecule has 1 aliphatic heterocycles. The Labute approximate surface area is 216 Å². The Kier molecular flexibility index (Phi) is 7.09. The standard InChI is InChI=1S/C30H29NO6/c1-2-19-13-14-25-26(15-19)28(33)31(27(25)32)22-17-20(29(34)36-23-9-5-3-6-10-23)16-21(18-22)30(35)37-24-11-7-4-8-12-24/h1,13-18,23-24H,3-12H2. The number of terminal acetylenes is 1. The number of hydrogen-bond donors (Lipinski definition) is 0. The Morgan fingerprint density at radius 2 is 1.24 bits per heavy atom. The highest BCUT2D eigenvalue weighted by molar-refractivity contribution is 6.34. The van der Waals surface area contributed by atoms with Crippen molar-refractivity contribution in [3.63, 3.8) is 0 Å². The molecule has 2 aliphatic carbocycles. The second-order valence-electron chi connectivity index (χ2n) is 9.95. The summed E-state index contributed by atoms with van der Waals surface area (Å²) in [6.45, 7) is 0. The van der Waals surface area contributed by atoms with Crippen LogP contribution < -0.4 is 4.90 Å². The third-order valence-electron chi connectivity index (χ3n) is 7.35. The van der Waals surface area contributed by atoms with Crippen molar-refractivity contribution in [3.05, 3.63) is 64.2 Å². The number of amides is 2. The average Bonchev–Trinajstić information content (AvgIpc) is 3.18. The fourth-order valence-corrected chi connectivity index (χ4v) is 5.35. The molecule has 2 fully saturated rings. The summed E-state index contributed by atoms with van der Waals surface area (Å²) in [5.74, 6) is 0.169. The van der Waals surface area contributed by atoms with Crippen molar-refractivity contribution in [2.45, 2.75) is 76.4 Å². The van der Waals surface area contributed by atoms with Crippen LogP contribution in [-0.2, 0) is 9.47 Å². The van der Waals surface area contributed by atoms with Gasteiger partial charge in [-0.3, -0.25) is 9.59 Å². The van der Waals surface area contributed by atoms with Gasteiger partial charge in [0.05, 0.1) is 27.9 Å². The second kappa shape index (κ2) is 10.6. The highest BCUT2D eigenvalue weighted by Gasteiger charge is 2.38. The zero-order chi connectivity index (χ0) is 25.9. The maximum atomic E-state index is 13.3. The van der Waals surface area contributed by atoms with Crippen molar-refractivity contribution in [1.82, 2.24) is 0 Å². The summed E-state index contributed by atoms with van der Waals surface area (Å²) >= 11 is 0. The minimum atomic E-state index is -0.591. The van der Waals surface area contributed by atoms with E-state index in [0.29, 0.717) is 5.56 Å². The largest absolute Gasteiger partial charge is 0.459 e. The molecule has 190 valence electrons. The van der Waals surface area contributed by atoms with Crippen LogP contribution in [0.25, 0.3) is 0 Å². The Morgan fingerprint density at radius 1 is 0.730 bits per heavy atom. The number of ether oxygens (including phenoxy) is 2. The number of nitrogens with zero attached hydrogens (tertiary/aromatic N) is 1. The van der Waals surface area contributed by atoms with Gasteiger partial charge in [-0.05, 0) is 87.8 Å². The lowest BCUT2D eigenvalue weighted by molar-refractivity contribution is 0.0209. The first-order chi connectivity index (χ1) is 17.9. The molecule has 2 aromatic rings. The first-order valence-corrected chi connectivity index (χ1v) is 13.0. The van der Waals surface area contributed by atoms with E-state index in [4.69, 9.17) is 15.9 Å². The second-order valence-corrected chi connectivity index (χ2v) is 9.95. The zero-order valence-corrected chi connectivity index (χ0v) is 20.7. The zero-order valence-electron chi connectivity index (χ0n) is 20.7. The quantitative estimate of drug-likeness (QED) is 0.309. The van der Waals surface area contributed by atoms with Crippen LogP contribution in [0.3, 0.4) is 0 Å². The molecule has 0 bridgehead atoms. The highest BCUT2D eigenvalue weighted by atomic mass is 16.5. The summed E-state index contributed by atoms with van der Waals surface area (Å²) in [7, 11) is 0. The van der Waals surface area contributed by atoms with Gasteiger partial charge in [0, 0.05) is 5.56 Å². The summed E-state index contributed by atoms with van der Waals surface area (Å²) in [6, 6.07) is 8.88. The molecular formula is C30H29NO6. The van der Waals surface area contributed by atoms with E-state index in [1.807, 2.05) is 0 Å². The lowest BCUT2D eigenvalue weighted by Gasteiger charge is -2.23. The van der Waals surface area contributed by atoms with Crippen LogP contribution in [0, 0.1) is 12.3 Å². The van der Waals surface area contributed by atoms with Gasteiger partial charge in [0.1, 0.15) is 12.2 Å². The molecule has 0 N–H and O–H groups in total. The molecule has 0 spiro atoms. The molecule has 37 heavy (non-hydrogen) atoms. The van der Waals surface area contributed by atoms with Crippen molar-refractivity contribution in [2.75, 3.05) is 4.90 Å². The highest BCUT2D eigenvalue weighted by Crippen LogP contribution is 2.32. The number of benzene rings is 2. The topological polar surface area (TPSA) is 90.0 Å². The molecule has 5 rings (SSSR count). The monoisotopic (exact) mass is 499 g/mol. The Hall–Kier alpha value is -3.92. The average molecular weight is 500 g/mol. The molecule has 3 aliphatic rings. The number of esters is 2. The van der Waals surface area contributed by atoms with Gasteiger partial charge in [0.25, 0.3) is 11.8 Å². The predicted octanol–water partition coefficient (Wildman–Crippen LogP) is 5.45. The van der Waals surface area contributed by atoms with E-state index in [1.165, 1.54) is 30.3 Å². The van der Waals surface area contributed by atoms with E-state index in [0.717, 1.165) is 69.1 Å². The summed E-state index contributed by atoms with van der Waals surface area (Å²) < 4.78 is 11.4. The van der Waals surface area contributed by atoms with E-state index >= 15 is 0 Å². The SMILES string of the molecule is C#Cc1ccc2c(c1)C(=O)N(c1cc(C(=O)OC3CCCCC3)cc(C(=O)OC3CCCCC3)c1)C2=O. The minimum absolute atomic E-state index is 0.0968. The molecule has 2 aromatic carbocycles. The fraction of sp³-hybridized carbons (Fsp3) is 0.400. The molecule has 0 radical (unpaired) electrons. The molecule has 0 atom stereocenters. The van der Waals surface area contributed by atoms with E-state index in [1.54, 1.807) is 6.07 Å². The summed E-state index contributed by atoms with van der Waals surface area (Å²) in [6.07, 6.45) is 14.4. The van der Waals surface area contributed by atoms with Crippen molar-refractivity contribution < 1.29 is 28.7 Å². The van der Waals surface area contributed by atoms with E-state index < -0.39 is 23.8 Å². The van der Waals surface area contributed by atoms with Crippen molar-refractivity contribution in [1.29, 1.82) is 0 Å².